The van der Waals surface area contributed by atoms with Gasteiger partial charge in [0, 0.05) is 19.7 Å². The summed E-state index contributed by atoms with van der Waals surface area (Å²) in [6.07, 6.45) is 3.45. The maximum atomic E-state index is 8.62. The number of aliphatic hydroxyl groups is 1. The van der Waals surface area contributed by atoms with E-state index in [1.54, 1.807) is 6.33 Å². The minimum atomic E-state index is 0.0561. The monoisotopic (exact) mass is 294 g/mol. The summed E-state index contributed by atoms with van der Waals surface area (Å²) < 4.78 is 5.21. The molecule has 21 heavy (non-hydrogen) atoms. The predicted octanol–water partition coefficient (Wildman–Crippen LogP) is 0.986. The third-order valence-corrected chi connectivity index (χ3v) is 2.81. The van der Waals surface area contributed by atoms with Crippen molar-refractivity contribution in [2.24, 2.45) is 0 Å². The molecular formula is C13H22N6O2. The summed E-state index contributed by atoms with van der Waals surface area (Å²) >= 11 is 0. The minimum absolute atomic E-state index is 0.0561. The lowest BCUT2D eigenvalue weighted by atomic mass is 10.4. The highest BCUT2D eigenvalue weighted by Crippen LogP contribution is 2.18. The van der Waals surface area contributed by atoms with Crippen LogP contribution in [-0.4, -0.2) is 58.0 Å². The SMILES string of the molecule is CCCNc1nc(NCCCOCCO)c2[nH]cnc2n1. The molecule has 0 spiro atoms. The molecule has 0 aromatic carbocycles. The number of imidazole rings is 1. The van der Waals surface area contributed by atoms with E-state index in [1.807, 2.05) is 0 Å². The van der Waals surface area contributed by atoms with E-state index in [4.69, 9.17) is 9.84 Å². The number of nitrogens with one attached hydrogen (secondary N) is 3. The predicted molar refractivity (Wildman–Crippen MR) is 81.5 cm³/mol. The molecular weight excluding hydrogens is 272 g/mol. The molecule has 2 heterocycles. The van der Waals surface area contributed by atoms with Crippen molar-refractivity contribution < 1.29 is 9.84 Å². The topological polar surface area (TPSA) is 108 Å². The highest BCUT2D eigenvalue weighted by Gasteiger charge is 2.09. The Bertz CT molecular complexity index is 544. The molecule has 2 aromatic heterocycles. The van der Waals surface area contributed by atoms with Crippen LogP contribution in [0.2, 0.25) is 0 Å². The van der Waals surface area contributed by atoms with Gasteiger partial charge >= 0.3 is 0 Å². The zero-order chi connectivity index (χ0) is 14.9. The van der Waals surface area contributed by atoms with Gasteiger partial charge in [0.15, 0.2) is 11.5 Å². The van der Waals surface area contributed by atoms with Gasteiger partial charge in [0.05, 0.1) is 19.5 Å². The Morgan fingerprint density at radius 2 is 2.14 bits per heavy atom. The Morgan fingerprint density at radius 3 is 2.95 bits per heavy atom. The summed E-state index contributed by atoms with van der Waals surface area (Å²) in [7, 11) is 0. The number of H-pyrrole nitrogens is 1. The van der Waals surface area contributed by atoms with E-state index >= 15 is 0 Å². The average molecular weight is 294 g/mol. The smallest absolute Gasteiger partial charge is 0.226 e. The molecule has 0 radical (unpaired) electrons. The molecule has 0 bridgehead atoms. The number of ether oxygens (including phenoxy) is 1. The molecule has 0 atom stereocenters. The molecule has 4 N–H and O–H groups in total. The van der Waals surface area contributed by atoms with Gasteiger partial charge in [-0.25, -0.2) is 4.98 Å². The number of anilines is 2. The number of nitrogens with zero attached hydrogens (tertiary/aromatic N) is 3. The molecule has 0 aliphatic heterocycles. The summed E-state index contributed by atoms with van der Waals surface area (Å²) in [6, 6.07) is 0. The van der Waals surface area contributed by atoms with Gasteiger partial charge in [0.2, 0.25) is 5.95 Å². The zero-order valence-corrected chi connectivity index (χ0v) is 12.2. The summed E-state index contributed by atoms with van der Waals surface area (Å²) in [4.78, 5) is 16.0. The van der Waals surface area contributed by atoms with E-state index in [0.29, 0.717) is 24.8 Å². The van der Waals surface area contributed by atoms with Crippen molar-refractivity contribution >= 4 is 22.9 Å². The third kappa shape index (κ3) is 4.54. The van der Waals surface area contributed by atoms with Crippen molar-refractivity contribution in [3.05, 3.63) is 6.33 Å². The standard InChI is InChI=1S/C13H22N6O2/c1-2-4-15-13-18-11(10-12(19-13)17-9-16-10)14-5-3-7-21-8-6-20/h9,20H,2-8H2,1H3,(H3,14,15,16,17,18,19). The van der Waals surface area contributed by atoms with Crippen LogP contribution in [0, 0.1) is 0 Å². The number of fused-ring (bicyclic) bond motifs is 1. The second kappa shape index (κ2) is 8.38. The fourth-order valence-electron chi connectivity index (χ4n) is 1.82. The van der Waals surface area contributed by atoms with Gasteiger partial charge in [-0.1, -0.05) is 6.92 Å². The van der Waals surface area contributed by atoms with Crippen LogP contribution in [0.15, 0.2) is 6.33 Å². The zero-order valence-electron chi connectivity index (χ0n) is 12.2. The number of aromatic nitrogens is 4. The van der Waals surface area contributed by atoms with E-state index in [1.165, 1.54) is 0 Å². The van der Waals surface area contributed by atoms with Crippen LogP contribution in [0.5, 0.6) is 0 Å². The Balaban J connectivity index is 1.95. The highest BCUT2D eigenvalue weighted by molar-refractivity contribution is 5.83. The van der Waals surface area contributed by atoms with Crippen molar-refractivity contribution in [2.45, 2.75) is 19.8 Å². The summed E-state index contributed by atoms with van der Waals surface area (Å²) in [5.41, 5.74) is 1.44. The van der Waals surface area contributed by atoms with Crippen LogP contribution in [-0.2, 0) is 4.74 Å². The first-order valence-electron chi connectivity index (χ1n) is 7.22. The molecule has 0 amide bonds. The van der Waals surface area contributed by atoms with Crippen molar-refractivity contribution in [1.29, 1.82) is 0 Å². The van der Waals surface area contributed by atoms with Crippen LogP contribution in [0.25, 0.3) is 11.2 Å². The third-order valence-electron chi connectivity index (χ3n) is 2.81. The first kappa shape index (κ1) is 15.5. The van der Waals surface area contributed by atoms with Gasteiger partial charge < -0.3 is 25.5 Å². The van der Waals surface area contributed by atoms with Gasteiger partial charge in [-0.3, -0.25) is 0 Å². The van der Waals surface area contributed by atoms with Crippen LogP contribution in [0.4, 0.5) is 11.8 Å². The van der Waals surface area contributed by atoms with E-state index < -0.39 is 0 Å². The van der Waals surface area contributed by atoms with Gasteiger partial charge in [0.25, 0.3) is 0 Å². The molecule has 8 heteroatoms. The van der Waals surface area contributed by atoms with Gasteiger partial charge in [-0.2, -0.15) is 9.97 Å². The first-order chi connectivity index (χ1) is 10.3. The van der Waals surface area contributed by atoms with E-state index in [-0.39, 0.29) is 6.61 Å². The largest absolute Gasteiger partial charge is 0.394 e. The van der Waals surface area contributed by atoms with Gasteiger partial charge in [-0.05, 0) is 12.8 Å². The second-order valence-electron chi connectivity index (χ2n) is 4.54. The average Bonchev–Trinajstić information content (AvgIpc) is 2.97. The van der Waals surface area contributed by atoms with Crippen LogP contribution >= 0.6 is 0 Å². The quantitative estimate of drug-likeness (QED) is 0.484. The van der Waals surface area contributed by atoms with Gasteiger partial charge in [0.1, 0.15) is 5.52 Å². The summed E-state index contributed by atoms with van der Waals surface area (Å²) in [6.45, 7) is 4.68. The van der Waals surface area contributed by atoms with Crippen molar-refractivity contribution in [3.63, 3.8) is 0 Å². The molecule has 0 unspecified atom stereocenters. The van der Waals surface area contributed by atoms with Crippen LogP contribution in [0.1, 0.15) is 19.8 Å². The number of aromatic amines is 1. The molecule has 2 rings (SSSR count). The Hall–Kier alpha value is -1.93. The number of aliphatic hydroxyl groups excluding tert-OH is 1. The molecule has 0 fully saturated rings. The first-order valence-corrected chi connectivity index (χ1v) is 7.22. The highest BCUT2D eigenvalue weighted by atomic mass is 16.5. The van der Waals surface area contributed by atoms with Crippen LogP contribution in [0.3, 0.4) is 0 Å². The minimum Gasteiger partial charge on any atom is -0.394 e. The lowest BCUT2D eigenvalue weighted by Crippen LogP contribution is -2.11. The van der Waals surface area contributed by atoms with E-state index in [0.717, 1.165) is 37.3 Å². The Kier molecular flexibility index (Phi) is 6.17. The summed E-state index contributed by atoms with van der Waals surface area (Å²) in [5.74, 6) is 1.31. The van der Waals surface area contributed by atoms with E-state index in [2.05, 4.69) is 37.5 Å². The fraction of sp³-hybridized carbons (Fsp3) is 0.615. The Labute approximate surface area is 123 Å². The number of hydrogen-bond acceptors (Lipinski definition) is 7. The Morgan fingerprint density at radius 1 is 1.24 bits per heavy atom. The van der Waals surface area contributed by atoms with Crippen molar-refractivity contribution in [2.75, 3.05) is 43.5 Å². The number of hydrogen-bond donors (Lipinski definition) is 4. The molecule has 0 aliphatic carbocycles. The molecule has 0 saturated heterocycles. The normalized spacial score (nSPS) is 11.0. The maximum Gasteiger partial charge on any atom is 0.226 e. The summed E-state index contributed by atoms with van der Waals surface area (Å²) in [5, 5.41) is 15.1. The fourth-order valence-corrected chi connectivity index (χ4v) is 1.82. The molecule has 8 nitrogen and oxygen atoms in total. The lowest BCUT2D eigenvalue weighted by Gasteiger charge is -2.09. The van der Waals surface area contributed by atoms with Crippen molar-refractivity contribution in [3.8, 4) is 0 Å². The van der Waals surface area contributed by atoms with Gasteiger partial charge in [-0.15, -0.1) is 0 Å². The molecule has 0 saturated carbocycles. The number of rotatable bonds is 10. The second-order valence-corrected chi connectivity index (χ2v) is 4.54. The molecule has 0 aliphatic rings. The van der Waals surface area contributed by atoms with Crippen molar-refractivity contribution in [1.82, 2.24) is 19.9 Å². The van der Waals surface area contributed by atoms with E-state index in [9.17, 15) is 0 Å². The van der Waals surface area contributed by atoms with Crippen LogP contribution < -0.4 is 10.6 Å². The molecule has 2 aromatic rings. The lowest BCUT2D eigenvalue weighted by molar-refractivity contribution is 0.0922. The molecule has 116 valence electrons. The maximum absolute atomic E-state index is 8.62.